The number of hydrogen-bond donors (Lipinski definition) is 1. The van der Waals surface area contributed by atoms with Gasteiger partial charge in [0, 0.05) is 0 Å². The third-order valence-corrected chi connectivity index (χ3v) is 4.68. The molecule has 3 heterocycles. The van der Waals surface area contributed by atoms with Crippen LogP contribution < -0.4 is 5.32 Å². The summed E-state index contributed by atoms with van der Waals surface area (Å²) < 4.78 is 5.91. The molecule has 0 spiro atoms. The van der Waals surface area contributed by atoms with Crippen molar-refractivity contribution < 1.29 is 9.53 Å². The maximum atomic E-state index is 12.5. The van der Waals surface area contributed by atoms with Crippen molar-refractivity contribution in [2.45, 2.75) is 82.8 Å². The Labute approximate surface area is 109 Å². The number of fused-ring (bicyclic) bond motifs is 2. The molecule has 5 unspecified atom stereocenters. The molecule has 4 heteroatoms. The SMILES string of the molecule is CCCC1NC(CC)N(C2CC3CCC2O3)C1=O. The summed E-state index contributed by atoms with van der Waals surface area (Å²) in [5.74, 6) is 0.310. The second kappa shape index (κ2) is 4.82. The van der Waals surface area contributed by atoms with Crippen molar-refractivity contribution in [3.05, 3.63) is 0 Å². The van der Waals surface area contributed by atoms with E-state index in [2.05, 4.69) is 24.1 Å². The van der Waals surface area contributed by atoms with Crippen molar-refractivity contribution in [2.24, 2.45) is 0 Å². The summed E-state index contributed by atoms with van der Waals surface area (Å²) in [5.41, 5.74) is 0. The van der Waals surface area contributed by atoms with Gasteiger partial charge in [0.25, 0.3) is 0 Å². The standard InChI is InChI=1S/C14H24N2O2/c1-3-5-10-14(17)16(13(4-2)15-10)11-8-9-6-7-12(11)18-9/h9-13,15H,3-8H2,1-2H3. The molecule has 1 amide bonds. The average Bonchev–Trinajstić information content (AvgIpc) is 3.04. The molecule has 0 aromatic heterocycles. The molecule has 2 bridgehead atoms. The lowest BCUT2D eigenvalue weighted by Gasteiger charge is -2.33. The van der Waals surface area contributed by atoms with E-state index >= 15 is 0 Å². The van der Waals surface area contributed by atoms with Gasteiger partial charge in [-0.3, -0.25) is 10.1 Å². The van der Waals surface area contributed by atoms with Gasteiger partial charge in [0.15, 0.2) is 0 Å². The van der Waals surface area contributed by atoms with E-state index in [4.69, 9.17) is 4.74 Å². The molecule has 3 aliphatic heterocycles. The second-order valence-electron chi connectivity index (χ2n) is 5.85. The molecule has 5 atom stereocenters. The molecule has 3 rings (SSSR count). The first kappa shape index (κ1) is 12.4. The summed E-state index contributed by atoms with van der Waals surface area (Å²) in [7, 11) is 0. The fourth-order valence-corrected chi connectivity index (χ4v) is 3.83. The van der Waals surface area contributed by atoms with Crippen molar-refractivity contribution in [1.82, 2.24) is 10.2 Å². The lowest BCUT2D eigenvalue weighted by Crippen LogP contribution is -2.48. The minimum Gasteiger partial charge on any atom is -0.373 e. The van der Waals surface area contributed by atoms with E-state index in [0.717, 1.165) is 32.1 Å². The van der Waals surface area contributed by atoms with Gasteiger partial charge in [-0.05, 0) is 32.1 Å². The van der Waals surface area contributed by atoms with Crippen LogP contribution in [-0.4, -0.2) is 41.3 Å². The number of carbonyl (C=O) groups excluding carboxylic acids is 1. The van der Waals surface area contributed by atoms with Crippen molar-refractivity contribution in [1.29, 1.82) is 0 Å². The van der Waals surface area contributed by atoms with Gasteiger partial charge < -0.3 is 9.64 Å². The van der Waals surface area contributed by atoms with Crippen LogP contribution in [0.5, 0.6) is 0 Å². The summed E-state index contributed by atoms with van der Waals surface area (Å²) in [5, 5.41) is 3.50. The molecule has 3 fully saturated rings. The van der Waals surface area contributed by atoms with Crippen LogP contribution in [0.2, 0.25) is 0 Å². The Balaban J connectivity index is 1.75. The normalized spacial score (nSPS) is 43.1. The number of nitrogens with zero attached hydrogens (tertiary/aromatic N) is 1. The van der Waals surface area contributed by atoms with E-state index in [9.17, 15) is 4.79 Å². The fraction of sp³-hybridized carbons (Fsp3) is 0.929. The molecule has 1 N–H and O–H groups in total. The van der Waals surface area contributed by atoms with E-state index in [1.165, 1.54) is 6.42 Å². The maximum absolute atomic E-state index is 12.5. The lowest BCUT2D eigenvalue weighted by molar-refractivity contribution is -0.133. The van der Waals surface area contributed by atoms with Crippen LogP contribution in [0.3, 0.4) is 0 Å². The monoisotopic (exact) mass is 252 g/mol. The highest BCUT2D eigenvalue weighted by Gasteiger charge is 2.50. The van der Waals surface area contributed by atoms with Gasteiger partial charge in [-0.2, -0.15) is 0 Å². The number of nitrogens with one attached hydrogen (secondary N) is 1. The molecule has 0 radical (unpaired) electrons. The Morgan fingerprint density at radius 2 is 2.22 bits per heavy atom. The minimum atomic E-state index is 0.0408. The summed E-state index contributed by atoms with van der Waals surface area (Å²) in [6.45, 7) is 4.29. The molecule has 0 aromatic rings. The highest BCUT2D eigenvalue weighted by Crippen LogP contribution is 2.39. The third-order valence-electron chi connectivity index (χ3n) is 4.68. The number of amides is 1. The smallest absolute Gasteiger partial charge is 0.241 e. The average molecular weight is 252 g/mol. The Morgan fingerprint density at radius 3 is 2.78 bits per heavy atom. The van der Waals surface area contributed by atoms with Gasteiger partial charge in [0.1, 0.15) is 0 Å². The van der Waals surface area contributed by atoms with E-state index in [1.54, 1.807) is 0 Å². The first-order chi connectivity index (χ1) is 8.74. The Morgan fingerprint density at radius 1 is 1.39 bits per heavy atom. The predicted molar refractivity (Wildman–Crippen MR) is 69.1 cm³/mol. The van der Waals surface area contributed by atoms with Crippen molar-refractivity contribution in [2.75, 3.05) is 0 Å². The van der Waals surface area contributed by atoms with Crippen LogP contribution in [0.25, 0.3) is 0 Å². The number of carbonyl (C=O) groups is 1. The summed E-state index contributed by atoms with van der Waals surface area (Å²) in [4.78, 5) is 14.7. The molecular formula is C14H24N2O2. The zero-order valence-electron chi connectivity index (χ0n) is 11.4. The molecule has 102 valence electrons. The van der Waals surface area contributed by atoms with Gasteiger partial charge in [0.05, 0.1) is 30.5 Å². The molecule has 3 aliphatic rings. The Kier molecular flexibility index (Phi) is 3.32. The van der Waals surface area contributed by atoms with Crippen molar-refractivity contribution >= 4 is 5.91 Å². The van der Waals surface area contributed by atoms with Gasteiger partial charge in [-0.15, -0.1) is 0 Å². The first-order valence-corrected chi connectivity index (χ1v) is 7.48. The zero-order valence-corrected chi connectivity index (χ0v) is 11.4. The van der Waals surface area contributed by atoms with Crippen LogP contribution >= 0.6 is 0 Å². The number of rotatable bonds is 4. The molecule has 0 saturated carbocycles. The van der Waals surface area contributed by atoms with Gasteiger partial charge in [-0.1, -0.05) is 20.3 Å². The van der Waals surface area contributed by atoms with Crippen LogP contribution in [-0.2, 0) is 9.53 Å². The van der Waals surface area contributed by atoms with Gasteiger partial charge in [-0.25, -0.2) is 0 Å². The highest BCUT2D eigenvalue weighted by atomic mass is 16.5. The van der Waals surface area contributed by atoms with E-state index in [0.29, 0.717) is 24.2 Å². The lowest BCUT2D eigenvalue weighted by atomic mass is 9.93. The minimum absolute atomic E-state index is 0.0408. The Hall–Kier alpha value is -0.610. The fourth-order valence-electron chi connectivity index (χ4n) is 3.83. The predicted octanol–water partition coefficient (Wildman–Crippen LogP) is 1.64. The molecule has 18 heavy (non-hydrogen) atoms. The van der Waals surface area contributed by atoms with Crippen LogP contribution in [0.15, 0.2) is 0 Å². The first-order valence-electron chi connectivity index (χ1n) is 7.48. The second-order valence-corrected chi connectivity index (χ2v) is 5.85. The van der Waals surface area contributed by atoms with Crippen LogP contribution in [0.1, 0.15) is 52.4 Å². The molecule has 0 aliphatic carbocycles. The maximum Gasteiger partial charge on any atom is 0.241 e. The Bertz CT molecular complexity index is 334. The van der Waals surface area contributed by atoms with Crippen molar-refractivity contribution in [3.63, 3.8) is 0 Å². The number of hydrogen-bond acceptors (Lipinski definition) is 3. The molecule has 3 saturated heterocycles. The van der Waals surface area contributed by atoms with Crippen molar-refractivity contribution in [3.8, 4) is 0 Å². The summed E-state index contributed by atoms with van der Waals surface area (Å²) >= 11 is 0. The van der Waals surface area contributed by atoms with Crippen LogP contribution in [0.4, 0.5) is 0 Å². The number of ether oxygens (including phenoxy) is 1. The third kappa shape index (κ3) is 1.86. The molecular weight excluding hydrogens is 228 g/mol. The topological polar surface area (TPSA) is 41.6 Å². The summed E-state index contributed by atoms with van der Waals surface area (Å²) in [6, 6.07) is 0.370. The summed E-state index contributed by atoms with van der Waals surface area (Å²) in [6.07, 6.45) is 7.30. The van der Waals surface area contributed by atoms with Crippen LogP contribution in [0, 0.1) is 0 Å². The largest absolute Gasteiger partial charge is 0.373 e. The highest BCUT2D eigenvalue weighted by molar-refractivity contribution is 5.84. The quantitative estimate of drug-likeness (QED) is 0.827. The molecule has 4 nitrogen and oxygen atoms in total. The van der Waals surface area contributed by atoms with E-state index in [1.807, 2.05) is 0 Å². The van der Waals surface area contributed by atoms with Gasteiger partial charge >= 0.3 is 0 Å². The molecule has 0 aromatic carbocycles. The zero-order chi connectivity index (χ0) is 12.7. The van der Waals surface area contributed by atoms with E-state index in [-0.39, 0.29) is 12.2 Å². The van der Waals surface area contributed by atoms with E-state index < -0.39 is 0 Å². The van der Waals surface area contributed by atoms with Gasteiger partial charge in [0.2, 0.25) is 5.91 Å².